The number of pyridine rings is 1. The zero-order valence-electron chi connectivity index (χ0n) is 15.8. The van der Waals surface area contributed by atoms with Crippen LogP contribution in [0.2, 0.25) is 0 Å². The summed E-state index contributed by atoms with van der Waals surface area (Å²) >= 11 is 0. The summed E-state index contributed by atoms with van der Waals surface area (Å²) in [7, 11) is -3.78. The summed E-state index contributed by atoms with van der Waals surface area (Å²) in [5.41, 5.74) is 2.82. The summed E-state index contributed by atoms with van der Waals surface area (Å²) in [5, 5.41) is 1.55. The second-order valence-electron chi connectivity index (χ2n) is 6.63. The summed E-state index contributed by atoms with van der Waals surface area (Å²) in [6.07, 6.45) is 3.44. The molecule has 4 nitrogen and oxygen atoms in total. The van der Waals surface area contributed by atoms with Gasteiger partial charge in [-0.3, -0.25) is 9.71 Å². The number of nitrogens with one attached hydrogen (secondary N) is 1. The quantitative estimate of drug-likeness (QED) is 0.507. The highest BCUT2D eigenvalue weighted by Gasteiger charge is 2.18. The second-order valence-corrected chi connectivity index (χ2v) is 8.28. The van der Waals surface area contributed by atoms with Crippen molar-refractivity contribution in [3.05, 3.63) is 102 Å². The minimum atomic E-state index is -3.78. The van der Waals surface area contributed by atoms with Crippen molar-refractivity contribution in [3.8, 4) is 11.8 Å². The predicted octanol–water partition coefficient (Wildman–Crippen LogP) is 4.74. The Bertz CT molecular complexity index is 1360. The minimum Gasteiger partial charge on any atom is -0.278 e. The Morgan fingerprint density at radius 2 is 1.62 bits per heavy atom. The van der Waals surface area contributed by atoms with E-state index in [1.54, 1.807) is 48.8 Å². The number of sulfonamides is 1. The van der Waals surface area contributed by atoms with Gasteiger partial charge in [-0.15, -0.1) is 0 Å². The van der Waals surface area contributed by atoms with Gasteiger partial charge in [0.1, 0.15) is 0 Å². The zero-order chi connectivity index (χ0) is 20.3. The van der Waals surface area contributed by atoms with Crippen molar-refractivity contribution in [2.24, 2.45) is 0 Å². The first-order valence-corrected chi connectivity index (χ1v) is 10.5. The zero-order valence-corrected chi connectivity index (χ0v) is 16.6. The first-order chi connectivity index (χ1) is 14.0. The third-order valence-corrected chi connectivity index (χ3v) is 5.85. The number of para-hydroxylation sites is 1. The Labute approximate surface area is 170 Å². The summed E-state index contributed by atoms with van der Waals surface area (Å²) in [5.74, 6) is 6.10. The lowest BCUT2D eigenvalue weighted by Gasteiger charge is -2.12. The number of rotatable bonds is 3. The summed E-state index contributed by atoms with van der Waals surface area (Å²) < 4.78 is 28.9. The maximum atomic E-state index is 13.1. The van der Waals surface area contributed by atoms with E-state index in [0.29, 0.717) is 16.6 Å². The lowest BCUT2D eigenvalue weighted by molar-refractivity contribution is 0.602. The molecule has 0 bridgehead atoms. The van der Waals surface area contributed by atoms with E-state index in [2.05, 4.69) is 21.5 Å². The van der Waals surface area contributed by atoms with Gasteiger partial charge in [0.05, 0.1) is 10.6 Å². The number of hydrogen-bond acceptors (Lipinski definition) is 3. The number of nitrogens with zero attached hydrogens (tertiary/aromatic N) is 1. The lowest BCUT2D eigenvalue weighted by atomic mass is 10.1. The predicted molar refractivity (Wildman–Crippen MR) is 116 cm³/mol. The van der Waals surface area contributed by atoms with Gasteiger partial charge in [-0.25, -0.2) is 8.42 Å². The van der Waals surface area contributed by atoms with Crippen LogP contribution in [0.15, 0.2) is 90.1 Å². The standard InChI is InChI=1S/C24H18N2O2S/c1-18-15-19(17-25-16-18)13-14-21-8-3-5-11-23(21)26-29(27,28)24-12-6-9-20-7-2-4-10-22(20)24/h2-12,15-17,26H,1H3. The highest BCUT2D eigenvalue weighted by molar-refractivity contribution is 7.93. The van der Waals surface area contributed by atoms with E-state index in [9.17, 15) is 8.42 Å². The molecule has 3 aromatic carbocycles. The van der Waals surface area contributed by atoms with Gasteiger partial charge in [-0.2, -0.15) is 0 Å². The van der Waals surface area contributed by atoms with Crippen molar-refractivity contribution in [1.29, 1.82) is 0 Å². The molecule has 1 aromatic heterocycles. The van der Waals surface area contributed by atoms with E-state index in [-0.39, 0.29) is 4.90 Å². The fourth-order valence-electron chi connectivity index (χ4n) is 3.07. The van der Waals surface area contributed by atoms with Crippen LogP contribution >= 0.6 is 0 Å². The molecule has 0 fully saturated rings. The number of aromatic nitrogens is 1. The molecule has 0 aliphatic heterocycles. The Balaban J connectivity index is 1.72. The average molecular weight is 398 g/mol. The molecule has 4 aromatic rings. The Kier molecular flexibility index (Phi) is 5.03. The number of benzene rings is 3. The number of fused-ring (bicyclic) bond motifs is 1. The van der Waals surface area contributed by atoms with Gasteiger partial charge >= 0.3 is 0 Å². The fourth-order valence-corrected chi connectivity index (χ4v) is 4.38. The Morgan fingerprint density at radius 3 is 2.48 bits per heavy atom. The largest absolute Gasteiger partial charge is 0.278 e. The van der Waals surface area contributed by atoms with Crippen LogP contribution in [0.25, 0.3) is 10.8 Å². The van der Waals surface area contributed by atoms with E-state index >= 15 is 0 Å². The molecule has 1 heterocycles. The van der Waals surface area contributed by atoms with Gasteiger partial charge in [0.15, 0.2) is 0 Å². The molecule has 0 unspecified atom stereocenters. The van der Waals surface area contributed by atoms with Crippen LogP contribution in [0.5, 0.6) is 0 Å². The molecule has 0 saturated heterocycles. The summed E-state index contributed by atoms with van der Waals surface area (Å²) in [6.45, 7) is 1.95. The smallest absolute Gasteiger partial charge is 0.262 e. The fraction of sp³-hybridized carbons (Fsp3) is 0.0417. The summed E-state index contributed by atoms with van der Waals surface area (Å²) in [6, 6.07) is 21.7. The van der Waals surface area contributed by atoms with Crippen molar-refractivity contribution in [3.63, 3.8) is 0 Å². The van der Waals surface area contributed by atoms with Gasteiger partial charge in [0.25, 0.3) is 10.0 Å². The van der Waals surface area contributed by atoms with E-state index in [0.717, 1.165) is 16.5 Å². The number of hydrogen-bond donors (Lipinski definition) is 1. The van der Waals surface area contributed by atoms with Crippen molar-refractivity contribution < 1.29 is 8.42 Å². The molecule has 142 valence electrons. The number of anilines is 1. The van der Waals surface area contributed by atoms with Crippen LogP contribution < -0.4 is 4.72 Å². The van der Waals surface area contributed by atoms with Gasteiger partial charge < -0.3 is 0 Å². The molecule has 0 spiro atoms. The van der Waals surface area contributed by atoms with E-state index in [1.807, 2.05) is 43.3 Å². The van der Waals surface area contributed by atoms with E-state index < -0.39 is 10.0 Å². The molecule has 0 atom stereocenters. The van der Waals surface area contributed by atoms with Crippen molar-refractivity contribution >= 4 is 26.5 Å². The molecule has 0 aliphatic rings. The molecule has 0 amide bonds. The SMILES string of the molecule is Cc1cncc(C#Cc2ccccc2NS(=O)(=O)c2cccc3ccccc23)c1. The molecular formula is C24H18N2O2S. The van der Waals surface area contributed by atoms with E-state index in [4.69, 9.17) is 0 Å². The second kappa shape index (κ2) is 7.78. The molecule has 0 aliphatic carbocycles. The van der Waals surface area contributed by atoms with Crippen LogP contribution in [0.1, 0.15) is 16.7 Å². The molecular weight excluding hydrogens is 380 g/mol. The Morgan fingerprint density at radius 1 is 0.862 bits per heavy atom. The van der Waals surface area contributed by atoms with Crippen LogP contribution in [0.4, 0.5) is 5.69 Å². The van der Waals surface area contributed by atoms with Gasteiger partial charge in [-0.05, 0) is 42.1 Å². The maximum absolute atomic E-state index is 13.1. The molecule has 29 heavy (non-hydrogen) atoms. The highest BCUT2D eigenvalue weighted by Crippen LogP contribution is 2.26. The van der Waals surface area contributed by atoms with Crippen molar-refractivity contribution in [2.45, 2.75) is 11.8 Å². The maximum Gasteiger partial charge on any atom is 0.262 e. The number of aryl methyl sites for hydroxylation is 1. The minimum absolute atomic E-state index is 0.237. The highest BCUT2D eigenvalue weighted by atomic mass is 32.2. The summed E-state index contributed by atoms with van der Waals surface area (Å²) in [4.78, 5) is 4.37. The first-order valence-electron chi connectivity index (χ1n) is 9.06. The van der Waals surface area contributed by atoms with Gasteiger partial charge in [-0.1, -0.05) is 60.4 Å². The van der Waals surface area contributed by atoms with Crippen LogP contribution in [0, 0.1) is 18.8 Å². The van der Waals surface area contributed by atoms with Gasteiger partial charge in [0.2, 0.25) is 0 Å². The Hall–Kier alpha value is -3.62. The third kappa shape index (κ3) is 4.13. The van der Waals surface area contributed by atoms with Crippen molar-refractivity contribution in [1.82, 2.24) is 4.98 Å². The van der Waals surface area contributed by atoms with Crippen molar-refractivity contribution in [2.75, 3.05) is 4.72 Å². The molecule has 0 radical (unpaired) electrons. The van der Waals surface area contributed by atoms with Crippen LogP contribution in [0.3, 0.4) is 0 Å². The van der Waals surface area contributed by atoms with Crippen LogP contribution in [-0.4, -0.2) is 13.4 Å². The normalized spacial score (nSPS) is 10.9. The van der Waals surface area contributed by atoms with E-state index in [1.165, 1.54) is 0 Å². The third-order valence-electron chi connectivity index (χ3n) is 4.43. The average Bonchev–Trinajstić information content (AvgIpc) is 2.72. The monoisotopic (exact) mass is 398 g/mol. The molecule has 1 N–H and O–H groups in total. The molecule has 4 rings (SSSR count). The topological polar surface area (TPSA) is 59.1 Å². The molecule has 0 saturated carbocycles. The van der Waals surface area contributed by atoms with Gasteiger partial charge in [0, 0.05) is 28.9 Å². The molecule has 5 heteroatoms. The lowest BCUT2D eigenvalue weighted by Crippen LogP contribution is -2.14. The first kappa shape index (κ1) is 18.7. The van der Waals surface area contributed by atoms with Crippen LogP contribution in [-0.2, 0) is 10.0 Å².